The lowest BCUT2D eigenvalue weighted by molar-refractivity contribution is -0.130. The van der Waals surface area contributed by atoms with Crippen LogP contribution in [0.15, 0.2) is 16.3 Å². The first kappa shape index (κ1) is 17.5. The molecule has 1 N–H and O–H groups in total. The molecule has 2 atom stereocenters. The Morgan fingerprint density at radius 1 is 1.12 bits per heavy atom. The Labute approximate surface area is 153 Å². The molecule has 138 valence electrons. The van der Waals surface area contributed by atoms with E-state index in [1.807, 2.05) is 4.90 Å². The Bertz CT molecular complexity index is 740. The van der Waals surface area contributed by atoms with Gasteiger partial charge in [0.15, 0.2) is 0 Å². The Morgan fingerprint density at radius 2 is 1.88 bits per heavy atom. The zero-order valence-corrected chi connectivity index (χ0v) is 15.9. The van der Waals surface area contributed by atoms with Gasteiger partial charge in [-0.15, -0.1) is 11.3 Å². The highest BCUT2D eigenvalue weighted by Crippen LogP contribution is 2.28. The largest absolute Gasteiger partial charge is 0.341 e. The van der Waals surface area contributed by atoms with Crippen LogP contribution in [0.5, 0.6) is 0 Å². The molecule has 2 bridgehead atoms. The van der Waals surface area contributed by atoms with Gasteiger partial charge in [-0.3, -0.25) is 4.79 Å². The average Bonchev–Trinajstić information content (AvgIpc) is 3.28. The quantitative estimate of drug-likeness (QED) is 0.854. The average molecular weight is 384 g/mol. The number of nitrogens with zero attached hydrogens (tertiary/aromatic N) is 2. The van der Waals surface area contributed by atoms with Crippen LogP contribution in [-0.2, 0) is 21.2 Å². The first-order valence-electron chi connectivity index (χ1n) is 9.15. The van der Waals surface area contributed by atoms with Crippen LogP contribution in [0.4, 0.5) is 0 Å². The lowest BCUT2D eigenvalue weighted by Crippen LogP contribution is -2.39. The fraction of sp³-hybridized carbons (Fsp3) is 0.706. The molecule has 3 saturated heterocycles. The summed E-state index contributed by atoms with van der Waals surface area (Å²) < 4.78 is 27.1. The molecule has 3 aliphatic rings. The molecule has 0 aliphatic carbocycles. The van der Waals surface area contributed by atoms with E-state index in [2.05, 4.69) is 5.32 Å². The molecule has 4 heterocycles. The molecule has 4 rings (SSSR count). The molecule has 6 nitrogen and oxygen atoms in total. The molecule has 0 radical (unpaired) electrons. The lowest BCUT2D eigenvalue weighted by Gasteiger charge is -2.24. The van der Waals surface area contributed by atoms with Gasteiger partial charge in [0.25, 0.3) is 10.0 Å². The fourth-order valence-electron chi connectivity index (χ4n) is 4.08. The van der Waals surface area contributed by atoms with E-state index in [1.165, 1.54) is 17.8 Å². The van der Waals surface area contributed by atoms with E-state index in [0.29, 0.717) is 35.8 Å². The second-order valence-corrected chi connectivity index (χ2v) is 10.6. The van der Waals surface area contributed by atoms with Gasteiger partial charge >= 0.3 is 0 Å². The maximum Gasteiger partial charge on any atom is 0.252 e. The van der Waals surface area contributed by atoms with Crippen LogP contribution in [0.1, 0.15) is 37.0 Å². The maximum atomic E-state index is 12.7. The Hall–Kier alpha value is -0.960. The number of hydrogen-bond donors (Lipinski definition) is 1. The van der Waals surface area contributed by atoms with E-state index in [9.17, 15) is 13.2 Å². The Balaban J connectivity index is 1.41. The molecule has 1 aromatic heterocycles. The fourth-order valence-corrected chi connectivity index (χ4v) is 7.10. The van der Waals surface area contributed by atoms with Crippen LogP contribution >= 0.6 is 11.3 Å². The number of amides is 1. The summed E-state index contributed by atoms with van der Waals surface area (Å²) in [5, 5.41) is 3.58. The molecule has 0 saturated carbocycles. The topological polar surface area (TPSA) is 69.7 Å². The summed E-state index contributed by atoms with van der Waals surface area (Å²) in [6.07, 6.45) is 5.54. The van der Waals surface area contributed by atoms with Crippen molar-refractivity contribution in [1.82, 2.24) is 14.5 Å². The molecule has 1 aromatic rings. The second kappa shape index (κ2) is 6.98. The van der Waals surface area contributed by atoms with E-state index in [-0.39, 0.29) is 5.91 Å². The van der Waals surface area contributed by atoms with Crippen molar-refractivity contribution in [2.24, 2.45) is 0 Å². The zero-order chi connectivity index (χ0) is 17.4. The third-order valence-corrected chi connectivity index (χ3v) is 8.95. The summed E-state index contributed by atoms with van der Waals surface area (Å²) in [6, 6.07) is 4.44. The first-order chi connectivity index (χ1) is 12.0. The minimum Gasteiger partial charge on any atom is -0.341 e. The molecular weight excluding hydrogens is 358 g/mol. The van der Waals surface area contributed by atoms with Crippen molar-refractivity contribution < 1.29 is 13.2 Å². The number of sulfonamides is 1. The van der Waals surface area contributed by atoms with Crippen molar-refractivity contribution in [1.29, 1.82) is 0 Å². The van der Waals surface area contributed by atoms with E-state index < -0.39 is 10.0 Å². The van der Waals surface area contributed by atoms with Gasteiger partial charge in [0, 0.05) is 43.1 Å². The van der Waals surface area contributed by atoms with Crippen LogP contribution in [0.3, 0.4) is 0 Å². The number of thiophene rings is 1. The van der Waals surface area contributed by atoms with Crippen molar-refractivity contribution >= 4 is 27.3 Å². The highest BCUT2D eigenvalue weighted by Gasteiger charge is 2.32. The zero-order valence-electron chi connectivity index (χ0n) is 14.3. The highest BCUT2D eigenvalue weighted by atomic mass is 32.2. The predicted octanol–water partition coefficient (Wildman–Crippen LogP) is 1.43. The van der Waals surface area contributed by atoms with Crippen molar-refractivity contribution in [3.8, 4) is 0 Å². The van der Waals surface area contributed by atoms with Gasteiger partial charge in [0.05, 0.1) is 6.42 Å². The first-order valence-corrected chi connectivity index (χ1v) is 11.4. The maximum absolute atomic E-state index is 12.7. The van der Waals surface area contributed by atoms with Crippen LogP contribution < -0.4 is 5.32 Å². The van der Waals surface area contributed by atoms with Crippen LogP contribution in [-0.4, -0.2) is 61.8 Å². The molecule has 3 fully saturated rings. The smallest absolute Gasteiger partial charge is 0.252 e. The predicted molar refractivity (Wildman–Crippen MR) is 97.2 cm³/mol. The van der Waals surface area contributed by atoms with E-state index in [1.54, 1.807) is 16.4 Å². The van der Waals surface area contributed by atoms with Crippen molar-refractivity contribution in [2.75, 3.05) is 26.2 Å². The molecule has 2 unspecified atom stereocenters. The van der Waals surface area contributed by atoms with Gasteiger partial charge in [-0.1, -0.05) is 0 Å². The number of nitrogens with one attached hydrogen (secondary N) is 1. The van der Waals surface area contributed by atoms with Crippen molar-refractivity contribution in [3.05, 3.63) is 17.0 Å². The van der Waals surface area contributed by atoms with Crippen LogP contribution in [0, 0.1) is 0 Å². The second-order valence-electron chi connectivity index (χ2n) is 7.28. The molecule has 8 heteroatoms. The molecule has 1 amide bonds. The molecular formula is C17H25N3O3S2. The molecule has 3 aliphatic heterocycles. The molecule has 0 spiro atoms. The van der Waals surface area contributed by atoms with Crippen LogP contribution in [0.2, 0.25) is 0 Å². The van der Waals surface area contributed by atoms with Gasteiger partial charge in [0.2, 0.25) is 5.91 Å². The minimum absolute atomic E-state index is 0.112. The molecule has 25 heavy (non-hydrogen) atoms. The summed E-state index contributed by atoms with van der Waals surface area (Å²) in [6.45, 7) is 2.80. The summed E-state index contributed by atoms with van der Waals surface area (Å²) in [4.78, 5) is 15.4. The summed E-state index contributed by atoms with van der Waals surface area (Å²) in [5.41, 5.74) is 0. The molecule has 0 aromatic carbocycles. The number of fused-ring (bicyclic) bond motifs is 2. The van der Waals surface area contributed by atoms with Crippen LogP contribution in [0.25, 0.3) is 0 Å². The number of carbonyl (C=O) groups excluding carboxylic acids is 1. The van der Waals surface area contributed by atoms with Crippen molar-refractivity contribution in [3.63, 3.8) is 0 Å². The van der Waals surface area contributed by atoms with Gasteiger partial charge in [-0.2, -0.15) is 4.31 Å². The van der Waals surface area contributed by atoms with Gasteiger partial charge < -0.3 is 10.2 Å². The number of carbonyl (C=O) groups is 1. The third-order valence-electron chi connectivity index (χ3n) is 5.50. The van der Waals surface area contributed by atoms with Crippen molar-refractivity contribution in [2.45, 2.75) is 54.8 Å². The summed E-state index contributed by atoms with van der Waals surface area (Å²) >= 11 is 1.25. The third kappa shape index (κ3) is 3.63. The summed E-state index contributed by atoms with van der Waals surface area (Å²) in [7, 11) is -3.37. The number of rotatable bonds is 4. The number of likely N-dealkylation sites (tertiary alicyclic amines) is 1. The monoisotopic (exact) mass is 383 g/mol. The van der Waals surface area contributed by atoms with E-state index in [0.717, 1.165) is 43.6 Å². The minimum atomic E-state index is -3.37. The highest BCUT2D eigenvalue weighted by molar-refractivity contribution is 7.91. The lowest BCUT2D eigenvalue weighted by atomic mass is 10.1. The normalized spacial score (nSPS) is 27.6. The SMILES string of the molecule is O=C(Cc1ccc(S(=O)(=O)N2CCCC2)s1)N1CCC2CCC(C1)N2. The van der Waals surface area contributed by atoms with Gasteiger partial charge in [-0.05, 0) is 44.2 Å². The Morgan fingerprint density at radius 3 is 2.68 bits per heavy atom. The standard InChI is InChI=1S/C17H25N3O3S2/c21-16(19-10-7-13-3-4-14(12-19)18-13)11-15-5-6-17(24-15)25(22,23)20-8-1-2-9-20/h5-6,13-14,18H,1-4,7-12H2. The Kier molecular flexibility index (Phi) is 4.87. The summed E-state index contributed by atoms with van der Waals surface area (Å²) in [5.74, 6) is 0.112. The number of hydrogen-bond acceptors (Lipinski definition) is 5. The van der Waals surface area contributed by atoms with Gasteiger partial charge in [-0.25, -0.2) is 8.42 Å². The van der Waals surface area contributed by atoms with E-state index in [4.69, 9.17) is 0 Å². The van der Waals surface area contributed by atoms with E-state index >= 15 is 0 Å². The van der Waals surface area contributed by atoms with Gasteiger partial charge in [0.1, 0.15) is 4.21 Å².